The summed E-state index contributed by atoms with van der Waals surface area (Å²) in [6, 6.07) is 0.519. The van der Waals surface area contributed by atoms with Gasteiger partial charge in [-0.25, -0.2) is 0 Å². The molecule has 1 aliphatic carbocycles. The number of hydrogen-bond acceptors (Lipinski definition) is 4. The lowest BCUT2D eigenvalue weighted by molar-refractivity contribution is 0.343. The molecule has 1 unspecified atom stereocenters. The molecular formula is C12H21N3O. The largest absolute Gasteiger partial charge is 0.339 e. The van der Waals surface area contributed by atoms with Crippen LogP contribution < -0.4 is 5.32 Å². The van der Waals surface area contributed by atoms with Gasteiger partial charge in [0.15, 0.2) is 5.82 Å². The third-order valence-electron chi connectivity index (χ3n) is 3.05. The highest BCUT2D eigenvalue weighted by atomic mass is 16.5. The van der Waals surface area contributed by atoms with Crippen molar-refractivity contribution in [1.82, 2.24) is 15.5 Å². The van der Waals surface area contributed by atoms with Crippen molar-refractivity contribution in [3.63, 3.8) is 0 Å². The summed E-state index contributed by atoms with van der Waals surface area (Å²) in [5.74, 6) is 2.76. The molecule has 1 atom stereocenters. The first-order chi connectivity index (χ1) is 7.70. The molecule has 1 aromatic rings. The predicted octanol–water partition coefficient (Wildman–Crippen LogP) is 2.12. The number of aromatic nitrogens is 2. The Kier molecular flexibility index (Phi) is 3.59. The molecule has 0 saturated heterocycles. The van der Waals surface area contributed by atoms with E-state index in [9.17, 15) is 0 Å². The van der Waals surface area contributed by atoms with Gasteiger partial charge < -0.3 is 9.84 Å². The third kappa shape index (κ3) is 2.82. The molecule has 0 amide bonds. The van der Waals surface area contributed by atoms with Crippen molar-refractivity contribution in [2.24, 2.45) is 5.92 Å². The number of hydrogen-bond donors (Lipinski definition) is 1. The second-order valence-electron chi connectivity index (χ2n) is 4.91. The lowest BCUT2D eigenvalue weighted by Crippen LogP contribution is -2.33. The van der Waals surface area contributed by atoms with E-state index < -0.39 is 0 Å². The van der Waals surface area contributed by atoms with Crippen molar-refractivity contribution in [3.8, 4) is 0 Å². The highest BCUT2D eigenvalue weighted by Crippen LogP contribution is 2.33. The maximum atomic E-state index is 5.28. The molecule has 1 fully saturated rings. The van der Waals surface area contributed by atoms with Gasteiger partial charge in [0.25, 0.3) is 0 Å². The Morgan fingerprint density at radius 2 is 2.19 bits per heavy atom. The summed E-state index contributed by atoms with van der Waals surface area (Å²) >= 11 is 0. The van der Waals surface area contributed by atoms with Crippen molar-refractivity contribution in [1.29, 1.82) is 0 Å². The molecule has 0 aromatic carbocycles. The van der Waals surface area contributed by atoms with Gasteiger partial charge in [-0.3, -0.25) is 0 Å². The molecular weight excluding hydrogens is 202 g/mol. The summed E-state index contributed by atoms with van der Waals surface area (Å²) in [6.07, 6.45) is 3.55. The lowest BCUT2D eigenvalue weighted by Gasteiger charge is -2.14. The summed E-state index contributed by atoms with van der Waals surface area (Å²) in [5, 5.41) is 7.50. The molecule has 90 valence electrons. The molecule has 4 nitrogen and oxygen atoms in total. The zero-order valence-corrected chi connectivity index (χ0v) is 10.4. The van der Waals surface area contributed by atoms with E-state index in [4.69, 9.17) is 4.52 Å². The Bertz CT molecular complexity index is 331. The first kappa shape index (κ1) is 11.6. The van der Waals surface area contributed by atoms with Gasteiger partial charge in [0.05, 0.1) is 0 Å². The van der Waals surface area contributed by atoms with Gasteiger partial charge in [0.2, 0.25) is 5.89 Å². The molecule has 2 rings (SSSR count). The second-order valence-corrected chi connectivity index (χ2v) is 4.91. The van der Waals surface area contributed by atoms with Crippen LogP contribution in [0.2, 0.25) is 0 Å². The normalized spacial score (nSPS) is 18.0. The zero-order valence-electron chi connectivity index (χ0n) is 10.4. The van der Waals surface area contributed by atoms with Crippen LogP contribution in [0.4, 0.5) is 0 Å². The minimum absolute atomic E-state index is 0.344. The number of rotatable bonds is 6. The van der Waals surface area contributed by atoms with Crippen molar-refractivity contribution in [2.75, 3.05) is 6.54 Å². The summed E-state index contributed by atoms with van der Waals surface area (Å²) in [7, 11) is 0. The van der Waals surface area contributed by atoms with Crippen LogP contribution in [0, 0.1) is 5.92 Å². The Morgan fingerprint density at radius 1 is 1.44 bits per heavy atom. The van der Waals surface area contributed by atoms with E-state index in [-0.39, 0.29) is 0 Å². The van der Waals surface area contributed by atoms with Crippen LogP contribution in [-0.2, 0) is 6.42 Å². The molecule has 0 radical (unpaired) electrons. The predicted molar refractivity (Wildman–Crippen MR) is 62.3 cm³/mol. The lowest BCUT2D eigenvalue weighted by atomic mass is 10.1. The van der Waals surface area contributed by atoms with Gasteiger partial charge in [-0.15, -0.1) is 0 Å². The second kappa shape index (κ2) is 4.95. The molecule has 1 aromatic heterocycles. The van der Waals surface area contributed by atoms with Crippen molar-refractivity contribution >= 4 is 0 Å². The Balaban J connectivity index is 1.95. The molecule has 1 saturated carbocycles. The topological polar surface area (TPSA) is 51.0 Å². The van der Waals surface area contributed by atoms with E-state index >= 15 is 0 Å². The quantitative estimate of drug-likeness (QED) is 0.802. The fourth-order valence-corrected chi connectivity index (χ4v) is 1.94. The van der Waals surface area contributed by atoms with E-state index in [1.807, 2.05) is 0 Å². The van der Waals surface area contributed by atoms with Gasteiger partial charge in [-0.2, -0.15) is 4.98 Å². The van der Waals surface area contributed by atoms with E-state index in [1.165, 1.54) is 12.8 Å². The number of nitrogens with zero attached hydrogens (tertiary/aromatic N) is 2. The third-order valence-corrected chi connectivity index (χ3v) is 3.05. The van der Waals surface area contributed by atoms with E-state index in [1.54, 1.807) is 0 Å². The fourth-order valence-electron chi connectivity index (χ4n) is 1.94. The summed E-state index contributed by atoms with van der Waals surface area (Å²) < 4.78 is 5.28. The smallest absolute Gasteiger partial charge is 0.228 e. The highest BCUT2D eigenvalue weighted by Gasteiger charge is 2.31. The van der Waals surface area contributed by atoms with E-state index in [2.05, 4.69) is 36.2 Å². The van der Waals surface area contributed by atoms with E-state index in [0.717, 1.165) is 30.6 Å². The number of likely N-dealkylation sites (N-methyl/N-ethyl adjacent to an activating group) is 1. The summed E-state index contributed by atoms with van der Waals surface area (Å²) in [4.78, 5) is 4.42. The van der Waals surface area contributed by atoms with Crippen LogP contribution in [-0.4, -0.2) is 22.7 Å². The van der Waals surface area contributed by atoms with Gasteiger partial charge in [0, 0.05) is 18.4 Å². The minimum Gasteiger partial charge on any atom is -0.339 e. The first-order valence-electron chi connectivity index (χ1n) is 6.26. The SMILES string of the molecule is CCNC(Cc1nc(C(C)C)no1)C1CC1. The average molecular weight is 223 g/mol. The molecule has 1 aliphatic rings. The van der Waals surface area contributed by atoms with Crippen LogP contribution in [0.1, 0.15) is 51.2 Å². The minimum atomic E-state index is 0.344. The molecule has 1 heterocycles. The van der Waals surface area contributed by atoms with Crippen molar-refractivity contribution < 1.29 is 4.52 Å². The fraction of sp³-hybridized carbons (Fsp3) is 0.833. The average Bonchev–Trinajstić information content (AvgIpc) is 2.98. The standard InChI is InChI=1S/C12H21N3O/c1-4-13-10(9-5-6-9)7-11-14-12(8(2)3)15-16-11/h8-10,13H,4-7H2,1-3H3. The van der Waals surface area contributed by atoms with Crippen LogP contribution in [0.5, 0.6) is 0 Å². The molecule has 1 N–H and O–H groups in total. The monoisotopic (exact) mass is 223 g/mol. The molecule has 0 spiro atoms. The molecule has 0 aliphatic heterocycles. The maximum absolute atomic E-state index is 5.28. The van der Waals surface area contributed by atoms with Crippen molar-refractivity contribution in [2.45, 2.75) is 52.0 Å². The zero-order chi connectivity index (χ0) is 11.5. The van der Waals surface area contributed by atoms with Gasteiger partial charge in [0.1, 0.15) is 0 Å². The van der Waals surface area contributed by atoms with Crippen molar-refractivity contribution in [3.05, 3.63) is 11.7 Å². The Morgan fingerprint density at radius 3 is 2.69 bits per heavy atom. The molecule has 4 heteroatoms. The Hall–Kier alpha value is -0.900. The van der Waals surface area contributed by atoms with Gasteiger partial charge in [-0.1, -0.05) is 25.9 Å². The molecule has 0 bridgehead atoms. The van der Waals surface area contributed by atoms with Crippen LogP contribution in [0.3, 0.4) is 0 Å². The highest BCUT2D eigenvalue weighted by molar-refractivity contribution is 4.97. The van der Waals surface area contributed by atoms with Gasteiger partial charge in [-0.05, 0) is 25.3 Å². The molecule has 16 heavy (non-hydrogen) atoms. The number of nitrogens with one attached hydrogen (secondary N) is 1. The summed E-state index contributed by atoms with van der Waals surface area (Å²) in [5.41, 5.74) is 0. The van der Waals surface area contributed by atoms with Crippen LogP contribution in [0.25, 0.3) is 0 Å². The first-order valence-corrected chi connectivity index (χ1v) is 6.26. The van der Waals surface area contributed by atoms with Gasteiger partial charge >= 0.3 is 0 Å². The van der Waals surface area contributed by atoms with Crippen LogP contribution >= 0.6 is 0 Å². The Labute approximate surface area is 96.8 Å². The van der Waals surface area contributed by atoms with Crippen LogP contribution in [0.15, 0.2) is 4.52 Å². The maximum Gasteiger partial charge on any atom is 0.228 e. The van der Waals surface area contributed by atoms with E-state index in [0.29, 0.717) is 12.0 Å². The summed E-state index contributed by atoms with van der Waals surface area (Å²) in [6.45, 7) is 7.31.